The summed E-state index contributed by atoms with van der Waals surface area (Å²) in [6.45, 7) is 4.64. The van der Waals surface area contributed by atoms with E-state index >= 15 is 0 Å². The lowest BCUT2D eigenvalue weighted by Crippen LogP contribution is -2.63. The quantitative estimate of drug-likeness (QED) is 0.806. The molecule has 0 aliphatic carbocycles. The average Bonchev–Trinajstić information content (AvgIpc) is 2.39. The van der Waals surface area contributed by atoms with Crippen molar-refractivity contribution in [2.45, 2.75) is 32.2 Å². The molecule has 1 heterocycles. The van der Waals surface area contributed by atoms with Crippen molar-refractivity contribution in [2.75, 3.05) is 18.8 Å². The second-order valence-electron chi connectivity index (χ2n) is 5.61. The molecule has 1 aromatic carbocycles. The van der Waals surface area contributed by atoms with Gasteiger partial charge in [0.05, 0.1) is 0 Å². The number of benzene rings is 1. The summed E-state index contributed by atoms with van der Waals surface area (Å²) < 4.78 is 0. The van der Waals surface area contributed by atoms with Gasteiger partial charge in [0.15, 0.2) is 0 Å². The molecule has 0 spiro atoms. The van der Waals surface area contributed by atoms with Crippen LogP contribution in [0.1, 0.15) is 25.8 Å². The zero-order valence-electron chi connectivity index (χ0n) is 12.0. The summed E-state index contributed by atoms with van der Waals surface area (Å²) in [6.07, 6.45) is 1.03. The molecule has 0 atom stereocenters. The molecule has 2 amide bonds. The fourth-order valence-corrected chi connectivity index (χ4v) is 2.47. The van der Waals surface area contributed by atoms with E-state index in [1.165, 1.54) is 0 Å². The van der Waals surface area contributed by atoms with Crippen molar-refractivity contribution in [3.63, 3.8) is 0 Å². The minimum absolute atomic E-state index is 0.00674. The highest BCUT2D eigenvalue weighted by molar-refractivity contribution is 5.91. The van der Waals surface area contributed by atoms with Gasteiger partial charge in [-0.2, -0.15) is 0 Å². The molecule has 0 bridgehead atoms. The molecule has 0 saturated carbocycles. The Hall–Kier alpha value is -2.04. The highest BCUT2D eigenvalue weighted by Gasteiger charge is 2.39. The van der Waals surface area contributed by atoms with Gasteiger partial charge in [-0.3, -0.25) is 9.59 Å². The van der Waals surface area contributed by atoms with Gasteiger partial charge in [0, 0.05) is 25.2 Å². The number of anilines is 1. The molecule has 5 nitrogen and oxygen atoms in total. The lowest BCUT2D eigenvalue weighted by Gasteiger charge is -2.41. The predicted octanol–water partition coefficient (Wildman–Crippen LogP) is 0.938. The lowest BCUT2D eigenvalue weighted by molar-refractivity contribution is -0.149. The van der Waals surface area contributed by atoms with Crippen LogP contribution >= 0.6 is 0 Å². The normalized spacial score (nSPS) is 17.7. The van der Waals surface area contributed by atoms with Gasteiger partial charge in [0.25, 0.3) is 0 Å². The molecule has 0 radical (unpaired) electrons. The molecule has 1 aliphatic rings. The predicted molar refractivity (Wildman–Crippen MR) is 78.0 cm³/mol. The molecule has 20 heavy (non-hydrogen) atoms. The van der Waals surface area contributed by atoms with Crippen LogP contribution in [0, 0.1) is 0 Å². The molecule has 0 aromatic heterocycles. The summed E-state index contributed by atoms with van der Waals surface area (Å²) in [5.41, 5.74) is 6.69. The van der Waals surface area contributed by atoms with Crippen molar-refractivity contribution in [3.05, 3.63) is 29.8 Å². The molecule has 1 saturated heterocycles. The number of hydrogen-bond acceptors (Lipinski definition) is 3. The van der Waals surface area contributed by atoms with Crippen LogP contribution in [0.25, 0.3) is 0 Å². The molecule has 1 fully saturated rings. The number of amides is 2. The van der Waals surface area contributed by atoms with Crippen LogP contribution in [0.3, 0.4) is 0 Å². The van der Waals surface area contributed by atoms with Crippen LogP contribution in [0.4, 0.5) is 5.69 Å². The number of hydrogen-bond donors (Lipinski definition) is 2. The van der Waals surface area contributed by atoms with Gasteiger partial charge in [0.1, 0.15) is 5.54 Å². The first-order chi connectivity index (χ1) is 9.41. The Balaban J connectivity index is 1.99. The number of nitrogens with two attached hydrogens (primary N) is 1. The molecule has 5 heteroatoms. The first-order valence-electron chi connectivity index (χ1n) is 6.84. The van der Waals surface area contributed by atoms with Gasteiger partial charge in [-0.15, -0.1) is 0 Å². The summed E-state index contributed by atoms with van der Waals surface area (Å²) in [6, 6.07) is 7.54. The second kappa shape index (κ2) is 5.53. The van der Waals surface area contributed by atoms with Gasteiger partial charge in [-0.05, 0) is 38.0 Å². The van der Waals surface area contributed by atoms with Crippen molar-refractivity contribution in [2.24, 2.45) is 0 Å². The number of nitrogen functional groups attached to an aromatic ring is 1. The van der Waals surface area contributed by atoms with Gasteiger partial charge < -0.3 is 16.0 Å². The first-order valence-corrected chi connectivity index (χ1v) is 6.84. The molecule has 1 aliphatic heterocycles. The number of nitrogens with zero attached hydrogens (tertiary/aromatic N) is 1. The molecule has 1 aromatic rings. The summed E-state index contributed by atoms with van der Waals surface area (Å²) in [5.74, 6) is -0.0895. The summed E-state index contributed by atoms with van der Waals surface area (Å²) in [4.78, 5) is 25.8. The van der Waals surface area contributed by atoms with Crippen molar-refractivity contribution >= 4 is 17.5 Å². The first kappa shape index (κ1) is 14.4. The molecule has 108 valence electrons. The monoisotopic (exact) mass is 275 g/mol. The average molecular weight is 275 g/mol. The van der Waals surface area contributed by atoms with Crippen molar-refractivity contribution in [1.82, 2.24) is 10.2 Å². The zero-order valence-corrected chi connectivity index (χ0v) is 12.0. The van der Waals surface area contributed by atoms with Crippen molar-refractivity contribution in [3.8, 4) is 0 Å². The van der Waals surface area contributed by atoms with Crippen LogP contribution < -0.4 is 11.1 Å². The van der Waals surface area contributed by atoms with Crippen molar-refractivity contribution in [1.29, 1.82) is 0 Å². The number of rotatable bonds is 3. The van der Waals surface area contributed by atoms with E-state index in [9.17, 15) is 9.59 Å². The van der Waals surface area contributed by atoms with Gasteiger partial charge in [0.2, 0.25) is 11.8 Å². The standard InChI is InChI=1S/C15H21N3O2/c1-15(2)14(20)17-8-9-18(15)13(19)7-6-11-4-3-5-12(16)10-11/h3-5,10H,6-9,16H2,1-2H3,(H,17,20). The van der Waals surface area contributed by atoms with Crippen LogP contribution in [0.15, 0.2) is 24.3 Å². The van der Waals surface area contributed by atoms with E-state index in [1.54, 1.807) is 18.7 Å². The number of nitrogens with one attached hydrogen (secondary N) is 1. The van der Waals surface area contributed by atoms with Crippen LogP contribution in [-0.2, 0) is 16.0 Å². The van der Waals surface area contributed by atoms with E-state index in [4.69, 9.17) is 5.73 Å². The summed E-state index contributed by atoms with van der Waals surface area (Å²) in [5, 5.41) is 2.79. The SMILES string of the molecule is CC1(C)C(=O)NCCN1C(=O)CCc1cccc(N)c1. The molecule has 3 N–H and O–H groups in total. The smallest absolute Gasteiger partial charge is 0.245 e. The Bertz CT molecular complexity index is 526. The maximum Gasteiger partial charge on any atom is 0.245 e. The fourth-order valence-electron chi connectivity index (χ4n) is 2.47. The van der Waals surface area contributed by atoms with Gasteiger partial charge >= 0.3 is 0 Å². The topological polar surface area (TPSA) is 75.4 Å². The molecule has 2 rings (SSSR count). The van der Waals surface area contributed by atoms with E-state index in [0.717, 1.165) is 5.56 Å². The van der Waals surface area contributed by atoms with Gasteiger partial charge in [-0.25, -0.2) is 0 Å². The maximum atomic E-state index is 12.3. The Kier molecular flexibility index (Phi) is 3.97. The number of carbonyl (C=O) groups is 2. The highest BCUT2D eigenvalue weighted by Crippen LogP contribution is 2.19. The van der Waals surface area contributed by atoms with E-state index in [2.05, 4.69) is 5.32 Å². The Morgan fingerprint density at radius 1 is 1.45 bits per heavy atom. The van der Waals surface area contributed by atoms with Crippen LogP contribution in [0.5, 0.6) is 0 Å². The van der Waals surface area contributed by atoms with Crippen molar-refractivity contribution < 1.29 is 9.59 Å². The third kappa shape index (κ3) is 2.92. The van der Waals surface area contributed by atoms with Gasteiger partial charge in [-0.1, -0.05) is 12.1 Å². The van der Waals surface area contributed by atoms with E-state index in [0.29, 0.717) is 31.6 Å². The fraction of sp³-hybridized carbons (Fsp3) is 0.467. The van der Waals surface area contributed by atoms with Crippen LogP contribution in [-0.4, -0.2) is 35.3 Å². The second-order valence-corrected chi connectivity index (χ2v) is 5.61. The minimum atomic E-state index is -0.773. The third-order valence-electron chi connectivity index (χ3n) is 3.73. The largest absolute Gasteiger partial charge is 0.399 e. The summed E-state index contributed by atoms with van der Waals surface area (Å²) >= 11 is 0. The summed E-state index contributed by atoms with van der Waals surface area (Å²) in [7, 11) is 0. The highest BCUT2D eigenvalue weighted by atomic mass is 16.2. The zero-order chi connectivity index (χ0) is 14.8. The van der Waals surface area contributed by atoms with E-state index in [1.807, 2.05) is 24.3 Å². The molecule has 0 unspecified atom stereocenters. The number of carbonyl (C=O) groups excluding carboxylic acids is 2. The number of aryl methyl sites for hydroxylation is 1. The molecular weight excluding hydrogens is 254 g/mol. The number of piperazine rings is 1. The Morgan fingerprint density at radius 2 is 2.20 bits per heavy atom. The minimum Gasteiger partial charge on any atom is -0.399 e. The lowest BCUT2D eigenvalue weighted by atomic mass is 9.97. The Morgan fingerprint density at radius 3 is 2.90 bits per heavy atom. The third-order valence-corrected chi connectivity index (χ3v) is 3.73. The van der Waals surface area contributed by atoms with Crippen LogP contribution in [0.2, 0.25) is 0 Å². The van der Waals surface area contributed by atoms with E-state index in [-0.39, 0.29) is 11.8 Å². The van der Waals surface area contributed by atoms with E-state index < -0.39 is 5.54 Å². The Labute approximate surface area is 119 Å². The molecular formula is C15H21N3O2. The maximum absolute atomic E-state index is 12.3.